The fourth-order valence-corrected chi connectivity index (χ4v) is 1.37. The number of nitrogens with one attached hydrogen (secondary N) is 1. The summed E-state index contributed by atoms with van der Waals surface area (Å²) in [6.07, 6.45) is 0. The van der Waals surface area contributed by atoms with E-state index in [1.165, 1.54) is 0 Å². The van der Waals surface area contributed by atoms with Gasteiger partial charge in [-0.1, -0.05) is 10.7 Å². The fourth-order valence-electron chi connectivity index (χ4n) is 0.523. The van der Waals surface area contributed by atoms with Crippen LogP contribution in [0.2, 0.25) is 0 Å². The van der Waals surface area contributed by atoms with E-state index in [1.807, 2.05) is 0 Å². The standard InChI is InChI=1S/C4H9NOS/c5-7-3-1-6-2-4-7/h5H,1-4H2. The summed E-state index contributed by atoms with van der Waals surface area (Å²) in [6, 6.07) is 0. The number of ether oxygens (including phenoxy) is 1. The van der Waals surface area contributed by atoms with E-state index in [9.17, 15) is 0 Å². The predicted molar refractivity (Wildman–Crippen MR) is 30.6 cm³/mol. The molecule has 1 heterocycles. The Morgan fingerprint density at radius 3 is 2.14 bits per heavy atom. The summed E-state index contributed by atoms with van der Waals surface area (Å²) in [7, 11) is -0.0652. The summed E-state index contributed by atoms with van der Waals surface area (Å²) in [5.74, 6) is 1.92. The minimum atomic E-state index is -0.0652. The second kappa shape index (κ2) is 2.43. The van der Waals surface area contributed by atoms with Crippen LogP contribution in [0.4, 0.5) is 0 Å². The van der Waals surface area contributed by atoms with Crippen LogP contribution in [0.15, 0.2) is 0 Å². The first-order valence-electron chi connectivity index (χ1n) is 2.36. The lowest BCUT2D eigenvalue weighted by Crippen LogP contribution is -2.18. The molecule has 1 rings (SSSR count). The Labute approximate surface area is 45.8 Å². The van der Waals surface area contributed by atoms with Crippen LogP contribution in [0, 0.1) is 4.78 Å². The molecule has 0 bridgehead atoms. The summed E-state index contributed by atoms with van der Waals surface area (Å²) < 4.78 is 12.2. The Kier molecular flexibility index (Phi) is 1.82. The Hall–Kier alpha value is 0.110. The van der Waals surface area contributed by atoms with E-state index < -0.39 is 0 Å². The van der Waals surface area contributed by atoms with Crippen molar-refractivity contribution in [1.29, 1.82) is 4.78 Å². The number of hydrogen-bond donors (Lipinski definition) is 1. The second-order valence-electron chi connectivity index (χ2n) is 1.51. The van der Waals surface area contributed by atoms with Crippen molar-refractivity contribution in [3.63, 3.8) is 0 Å². The van der Waals surface area contributed by atoms with Gasteiger partial charge in [0, 0.05) is 11.5 Å². The first-order valence-corrected chi connectivity index (χ1v) is 3.92. The number of rotatable bonds is 0. The molecule has 0 amide bonds. The van der Waals surface area contributed by atoms with Crippen molar-refractivity contribution in [3.05, 3.63) is 0 Å². The zero-order valence-electron chi connectivity index (χ0n) is 4.14. The molecule has 0 spiro atoms. The maximum atomic E-state index is 7.22. The van der Waals surface area contributed by atoms with Crippen molar-refractivity contribution in [1.82, 2.24) is 0 Å². The highest BCUT2D eigenvalue weighted by atomic mass is 32.2. The van der Waals surface area contributed by atoms with Crippen LogP contribution in [0.5, 0.6) is 0 Å². The van der Waals surface area contributed by atoms with E-state index in [1.54, 1.807) is 0 Å². The van der Waals surface area contributed by atoms with E-state index >= 15 is 0 Å². The molecule has 0 aromatic rings. The van der Waals surface area contributed by atoms with Crippen LogP contribution in [0.3, 0.4) is 0 Å². The molecule has 1 fully saturated rings. The zero-order valence-corrected chi connectivity index (χ0v) is 4.96. The van der Waals surface area contributed by atoms with Gasteiger partial charge in [-0.25, -0.2) is 0 Å². The Morgan fingerprint density at radius 1 is 1.29 bits per heavy atom. The Balaban J connectivity index is 2.25. The van der Waals surface area contributed by atoms with E-state index in [0.717, 1.165) is 24.7 Å². The monoisotopic (exact) mass is 119 g/mol. The Morgan fingerprint density at radius 2 is 1.86 bits per heavy atom. The van der Waals surface area contributed by atoms with Crippen molar-refractivity contribution in [3.8, 4) is 0 Å². The average Bonchev–Trinajstić information content (AvgIpc) is 1.69. The van der Waals surface area contributed by atoms with E-state index in [2.05, 4.69) is 0 Å². The average molecular weight is 119 g/mol. The lowest BCUT2D eigenvalue weighted by Gasteiger charge is -2.11. The van der Waals surface area contributed by atoms with E-state index in [0.29, 0.717) is 0 Å². The van der Waals surface area contributed by atoms with Crippen LogP contribution in [0.25, 0.3) is 0 Å². The summed E-state index contributed by atoms with van der Waals surface area (Å²) in [5.41, 5.74) is 0. The van der Waals surface area contributed by atoms with Crippen LogP contribution < -0.4 is 0 Å². The van der Waals surface area contributed by atoms with Gasteiger partial charge in [0.25, 0.3) is 0 Å². The van der Waals surface area contributed by atoms with Gasteiger partial charge in [-0.05, 0) is 0 Å². The van der Waals surface area contributed by atoms with Crippen molar-refractivity contribution in [2.45, 2.75) is 0 Å². The van der Waals surface area contributed by atoms with Gasteiger partial charge in [0.2, 0.25) is 0 Å². The normalized spacial score (nSPS) is 25.1. The van der Waals surface area contributed by atoms with Crippen LogP contribution >= 0.6 is 0 Å². The summed E-state index contributed by atoms with van der Waals surface area (Å²) in [6.45, 7) is 1.62. The molecule has 0 aliphatic carbocycles. The van der Waals surface area contributed by atoms with Gasteiger partial charge in [0.15, 0.2) is 0 Å². The van der Waals surface area contributed by atoms with Crippen molar-refractivity contribution >= 4 is 10.7 Å². The molecule has 0 atom stereocenters. The fraction of sp³-hybridized carbons (Fsp3) is 1.00. The molecule has 7 heavy (non-hydrogen) atoms. The molecule has 0 aromatic heterocycles. The Bertz CT molecular complexity index is 75.8. The molecule has 1 saturated heterocycles. The third kappa shape index (κ3) is 1.57. The van der Waals surface area contributed by atoms with E-state index in [-0.39, 0.29) is 10.7 Å². The van der Waals surface area contributed by atoms with Gasteiger partial charge >= 0.3 is 0 Å². The molecule has 0 saturated carbocycles. The molecule has 1 aliphatic rings. The van der Waals surface area contributed by atoms with Gasteiger partial charge in [0.05, 0.1) is 13.2 Å². The van der Waals surface area contributed by atoms with Crippen molar-refractivity contribution < 1.29 is 4.74 Å². The molecule has 1 N–H and O–H groups in total. The zero-order chi connectivity index (χ0) is 5.11. The maximum Gasteiger partial charge on any atom is 0.0566 e. The minimum Gasteiger partial charge on any atom is -0.380 e. The molecule has 0 radical (unpaired) electrons. The molecule has 3 heteroatoms. The third-order valence-corrected chi connectivity index (χ3v) is 2.27. The summed E-state index contributed by atoms with van der Waals surface area (Å²) >= 11 is 0. The summed E-state index contributed by atoms with van der Waals surface area (Å²) in [5, 5.41) is 0. The molecule has 1 aliphatic heterocycles. The predicted octanol–water partition coefficient (Wildman–Crippen LogP) is 0.397. The second-order valence-corrected chi connectivity index (χ2v) is 3.32. The first kappa shape index (κ1) is 5.25. The third-order valence-electron chi connectivity index (χ3n) is 0.948. The van der Waals surface area contributed by atoms with E-state index in [4.69, 9.17) is 9.52 Å². The van der Waals surface area contributed by atoms with Gasteiger partial charge in [-0.2, -0.15) is 0 Å². The topological polar surface area (TPSA) is 33.1 Å². The van der Waals surface area contributed by atoms with Gasteiger partial charge < -0.3 is 4.74 Å². The molecular weight excluding hydrogens is 110 g/mol. The van der Waals surface area contributed by atoms with Crippen LogP contribution in [-0.2, 0) is 15.4 Å². The van der Waals surface area contributed by atoms with Crippen LogP contribution in [0.1, 0.15) is 0 Å². The van der Waals surface area contributed by atoms with Gasteiger partial charge in [0.1, 0.15) is 0 Å². The molecular formula is C4H9NOS. The molecule has 0 unspecified atom stereocenters. The van der Waals surface area contributed by atoms with Gasteiger partial charge in [-0.3, -0.25) is 4.78 Å². The highest BCUT2D eigenvalue weighted by molar-refractivity contribution is 7.86. The number of hydrogen-bond acceptors (Lipinski definition) is 2. The van der Waals surface area contributed by atoms with Crippen LogP contribution in [-0.4, -0.2) is 24.7 Å². The first-order chi connectivity index (χ1) is 3.39. The maximum absolute atomic E-state index is 7.22. The molecule has 0 aromatic carbocycles. The van der Waals surface area contributed by atoms with Crippen molar-refractivity contribution in [2.24, 2.45) is 0 Å². The molecule has 42 valence electrons. The lowest BCUT2D eigenvalue weighted by molar-refractivity contribution is 0.160. The summed E-state index contributed by atoms with van der Waals surface area (Å²) in [4.78, 5) is 0. The smallest absolute Gasteiger partial charge is 0.0566 e. The SMILES string of the molecule is N=S1CCOCC1. The molecule has 2 nitrogen and oxygen atoms in total. The quantitative estimate of drug-likeness (QED) is 0.492. The minimum absolute atomic E-state index is 0.0652. The largest absolute Gasteiger partial charge is 0.380 e. The highest BCUT2D eigenvalue weighted by Crippen LogP contribution is 1.92. The van der Waals surface area contributed by atoms with Gasteiger partial charge in [-0.15, -0.1) is 0 Å². The lowest BCUT2D eigenvalue weighted by atomic mass is 10.8. The highest BCUT2D eigenvalue weighted by Gasteiger charge is 2.00. The van der Waals surface area contributed by atoms with Crippen molar-refractivity contribution in [2.75, 3.05) is 24.7 Å².